The average molecular weight is 536 g/mol. The minimum atomic E-state index is 0.244. The number of alkyl halides is 2. The monoisotopic (exact) mass is 534 g/mol. The van der Waals surface area contributed by atoms with Crippen LogP contribution in [0.2, 0.25) is 0 Å². The molecule has 0 aliphatic rings. The lowest BCUT2D eigenvalue weighted by atomic mass is 10.0. The van der Waals surface area contributed by atoms with Crippen LogP contribution in [0.15, 0.2) is 48.5 Å². The molecule has 4 heteroatoms. The van der Waals surface area contributed by atoms with E-state index < -0.39 is 0 Å². The lowest BCUT2D eigenvalue weighted by Crippen LogP contribution is -2.00. The van der Waals surface area contributed by atoms with Crippen molar-refractivity contribution >= 4 is 43.4 Å². The maximum atomic E-state index is 12.3. The number of carbonyl (C=O) groups excluding carboxylic acids is 2. The van der Waals surface area contributed by atoms with Crippen molar-refractivity contribution in [3.8, 4) is 0 Å². The van der Waals surface area contributed by atoms with Gasteiger partial charge in [-0.25, -0.2) is 0 Å². The van der Waals surface area contributed by atoms with Crippen LogP contribution in [0.5, 0.6) is 0 Å². The SMILES string of the molecule is O=C(CCCCCCCCC(=O)c1ccc(CCBr)cc1)c1ccc(CCBr)cc1. The molecule has 0 fully saturated rings. The Bertz CT molecular complexity index is 699. The summed E-state index contributed by atoms with van der Waals surface area (Å²) in [7, 11) is 0. The van der Waals surface area contributed by atoms with Gasteiger partial charge >= 0.3 is 0 Å². The molecule has 2 nitrogen and oxygen atoms in total. The summed E-state index contributed by atoms with van der Waals surface area (Å²) >= 11 is 6.88. The Morgan fingerprint density at radius 1 is 0.533 bits per heavy atom. The molecule has 0 aliphatic heterocycles. The number of rotatable bonds is 15. The third-order valence-corrected chi connectivity index (χ3v) is 6.17. The van der Waals surface area contributed by atoms with E-state index in [9.17, 15) is 9.59 Å². The van der Waals surface area contributed by atoms with Gasteiger partial charge in [0.05, 0.1) is 0 Å². The van der Waals surface area contributed by atoms with E-state index >= 15 is 0 Å². The number of hydrogen-bond acceptors (Lipinski definition) is 2. The Kier molecular flexibility index (Phi) is 12.2. The van der Waals surface area contributed by atoms with E-state index in [1.807, 2.05) is 48.5 Å². The molecule has 0 N–H and O–H groups in total. The van der Waals surface area contributed by atoms with Crippen LogP contribution >= 0.6 is 31.9 Å². The highest BCUT2D eigenvalue weighted by Gasteiger charge is 2.07. The quantitative estimate of drug-likeness (QED) is 0.133. The average Bonchev–Trinajstić information content (AvgIpc) is 2.76. The van der Waals surface area contributed by atoms with Gasteiger partial charge in [-0.15, -0.1) is 0 Å². The van der Waals surface area contributed by atoms with Gasteiger partial charge in [-0.05, 0) is 36.8 Å². The zero-order valence-electron chi connectivity index (χ0n) is 17.7. The van der Waals surface area contributed by atoms with E-state index in [4.69, 9.17) is 0 Å². The van der Waals surface area contributed by atoms with Crippen LogP contribution in [0, 0.1) is 0 Å². The maximum Gasteiger partial charge on any atom is 0.162 e. The van der Waals surface area contributed by atoms with Crippen molar-refractivity contribution in [2.24, 2.45) is 0 Å². The first-order valence-corrected chi connectivity index (χ1v) is 13.2. The second kappa shape index (κ2) is 14.7. The molecule has 0 bridgehead atoms. The van der Waals surface area contributed by atoms with Gasteiger partial charge in [-0.1, -0.05) is 106 Å². The molecule has 0 unspecified atom stereocenters. The normalized spacial score (nSPS) is 10.9. The van der Waals surface area contributed by atoms with Crippen molar-refractivity contribution in [1.82, 2.24) is 0 Å². The fraction of sp³-hybridized carbons (Fsp3) is 0.462. The molecular weight excluding hydrogens is 504 g/mol. The molecule has 0 aliphatic carbocycles. The van der Waals surface area contributed by atoms with Crippen LogP contribution in [0.4, 0.5) is 0 Å². The van der Waals surface area contributed by atoms with Gasteiger partial charge in [0.1, 0.15) is 0 Å². The first kappa shape index (κ1) is 25.0. The third-order valence-electron chi connectivity index (χ3n) is 5.38. The fourth-order valence-corrected chi connectivity index (χ4v) is 4.42. The number of ketones is 2. The van der Waals surface area contributed by atoms with E-state index in [-0.39, 0.29) is 11.6 Å². The van der Waals surface area contributed by atoms with Crippen LogP contribution in [-0.4, -0.2) is 22.2 Å². The van der Waals surface area contributed by atoms with Gasteiger partial charge in [-0.3, -0.25) is 9.59 Å². The minimum absolute atomic E-state index is 0.244. The van der Waals surface area contributed by atoms with Crippen LogP contribution < -0.4 is 0 Å². The fourth-order valence-electron chi connectivity index (χ4n) is 3.50. The van der Waals surface area contributed by atoms with Crippen LogP contribution in [0.25, 0.3) is 0 Å². The summed E-state index contributed by atoms with van der Waals surface area (Å²) in [6, 6.07) is 16.0. The van der Waals surface area contributed by atoms with E-state index in [0.29, 0.717) is 12.8 Å². The standard InChI is InChI=1S/C26H32Br2O2/c27-19-17-21-9-13-23(14-10-21)25(29)7-5-3-1-2-4-6-8-26(30)24-15-11-22(12-16-24)18-20-28/h9-16H,1-8,17-20H2. The highest BCUT2D eigenvalue weighted by atomic mass is 79.9. The van der Waals surface area contributed by atoms with Crippen LogP contribution in [0.3, 0.4) is 0 Å². The topological polar surface area (TPSA) is 34.1 Å². The second-order valence-corrected chi connectivity index (χ2v) is 9.33. The molecule has 0 saturated carbocycles. The van der Waals surface area contributed by atoms with Crippen molar-refractivity contribution < 1.29 is 9.59 Å². The predicted octanol–water partition coefficient (Wildman–Crippen LogP) is 7.75. The highest BCUT2D eigenvalue weighted by Crippen LogP contribution is 2.15. The molecule has 2 aromatic carbocycles. The number of halogens is 2. The molecule has 162 valence electrons. The minimum Gasteiger partial charge on any atom is -0.294 e. The first-order chi connectivity index (χ1) is 14.6. The number of hydrogen-bond donors (Lipinski definition) is 0. The van der Waals surface area contributed by atoms with Gasteiger partial charge in [-0.2, -0.15) is 0 Å². The Labute approximate surface area is 198 Å². The molecule has 0 aromatic heterocycles. The van der Waals surface area contributed by atoms with Gasteiger partial charge in [0.2, 0.25) is 0 Å². The maximum absolute atomic E-state index is 12.3. The zero-order valence-corrected chi connectivity index (χ0v) is 20.8. The van der Waals surface area contributed by atoms with Gasteiger partial charge in [0, 0.05) is 34.6 Å². The van der Waals surface area contributed by atoms with Crippen molar-refractivity contribution in [3.63, 3.8) is 0 Å². The summed E-state index contributed by atoms with van der Waals surface area (Å²) in [6.07, 6.45) is 9.55. The molecule has 0 amide bonds. The number of Topliss-reactive ketones (excluding diaryl/α,β-unsaturated/α-hetero) is 2. The van der Waals surface area contributed by atoms with Gasteiger partial charge in [0.25, 0.3) is 0 Å². The number of benzene rings is 2. The summed E-state index contributed by atoms with van der Waals surface area (Å²) in [4.78, 5) is 24.5. The third kappa shape index (κ3) is 9.26. The first-order valence-electron chi connectivity index (χ1n) is 11.0. The van der Waals surface area contributed by atoms with E-state index in [1.165, 1.54) is 11.1 Å². The lowest BCUT2D eigenvalue weighted by molar-refractivity contribution is 0.0969. The smallest absolute Gasteiger partial charge is 0.162 e. The van der Waals surface area contributed by atoms with Crippen molar-refractivity contribution in [2.75, 3.05) is 10.7 Å². The number of aryl methyl sites for hydroxylation is 2. The molecular formula is C26H32Br2O2. The van der Waals surface area contributed by atoms with E-state index in [2.05, 4.69) is 31.9 Å². The Morgan fingerprint density at radius 3 is 1.20 bits per heavy atom. The molecule has 0 heterocycles. The molecule has 2 aromatic rings. The predicted molar refractivity (Wildman–Crippen MR) is 133 cm³/mol. The summed E-state index contributed by atoms with van der Waals surface area (Å²) in [5.74, 6) is 0.487. The Morgan fingerprint density at radius 2 is 0.867 bits per heavy atom. The molecule has 0 saturated heterocycles. The van der Waals surface area contributed by atoms with Gasteiger partial charge < -0.3 is 0 Å². The van der Waals surface area contributed by atoms with Crippen LogP contribution in [0.1, 0.15) is 83.2 Å². The Balaban J connectivity index is 1.53. The van der Waals surface area contributed by atoms with Crippen LogP contribution in [-0.2, 0) is 12.8 Å². The van der Waals surface area contributed by atoms with Crippen molar-refractivity contribution in [3.05, 3.63) is 70.8 Å². The number of unbranched alkanes of at least 4 members (excludes halogenated alkanes) is 5. The molecule has 2 rings (SSSR count). The zero-order chi connectivity index (χ0) is 21.6. The number of carbonyl (C=O) groups is 2. The molecule has 0 spiro atoms. The van der Waals surface area contributed by atoms with Gasteiger partial charge in [0.15, 0.2) is 11.6 Å². The highest BCUT2D eigenvalue weighted by molar-refractivity contribution is 9.09. The summed E-state index contributed by atoms with van der Waals surface area (Å²) < 4.78 is 0. The summed E-state index contributed by atoms with van der Waals surface area (Å²) in [5.41, 5.74) is 4.17. The molecule has 0 radical (unpaired) electrons. The largest absolute Gasteiger partial charge is 0.294 e. The summed E-state index contributed by atoms with van der Waals surface area (Å²) in [6.45, 7) is 0. The lowest BCUT2D eigenvalue weighted by Gasteiger charge is -2.05. The van der Waals surface area contributed by atoms with Crippen molar-refractivity contribution in [2.45, 2.75) is 64.2 Å². The molecule has 30 heavy (non-hydrogen) atoms. The second-order valence-electron chi connectivity index (χ2n) is 7.74. The van der Waals surface area contributed by atoms with E-state index in [1.54, 1.807) is 0 Å². The summed E-state index contributed by atoms with van der Waals surface area (Å²) in [5, 5.41) is 1.89. The Hall–Kier alpha value is -1.26. The van der Waals surface area contributed by atoms with Crippen molar-refractivity contribution in [1.29, 1.82) is 0 Å². The van der Waals surface area contributed by atoms with E-state index in [0.717, 1.165) is 73.2 Å². The molecule has 0 atom stereocenters.